The summed E-state index contributed by atoms with van der Waals surface area (Å²) < 4.78 is 5.17. The average Bonchev–Trinajstić information content (AvgIpc) is 2.75. The number of nitrogens with one attached hydrogen (secondary N) is 1. The number of ether oxygens (including phenoxy) is 1. The highest BCUT2D eigenvalue weighted by Crippen LogP contribution is 2.30. The Balaban J connectivity index is 1.79. The summed E-state index contributed by atoms with van der Waals surface area (Å²) in [6.07, 6.45) is 0. The standard InChI is InChI=1S/C25H28N4O3/c1-15-10-16(2)22(11-21(15)23(27)17(3)24(28)32-9-8-30)25(31)29-13-20(14-29)19-6-4-18(12-26)5-7-19/h4-7,10-11,20,28,30H,8-9,13-14,27H2,1-3H3/b23-17-,28-24?. The Morgan fingerprint density at radius 3 is 2.44 bits per heavy atom. The van der Waals surface area contributed by atoms with Crippen LogP contribution >= 0.6 is 0 Å². The van der Waals surface area contributed by atoms with E-state index in [1.54, 1.807) is 25.1 Å². The summed E-state index contributed by atoms with van der Waals surface area (Å²) in [5.74, 6) is 0.108. The van der Waals surface area contributed by atoms with Crippen LogP contribution in [0.2, 0.25) is 0 Å². The van der Waals surface area contributed by atoms with Gasteiger partial charge in [0.25, 0.3) is 5.91 Å². The minimum Gasteiger partial charge on any atom is -0.475 e. The van der Waals surface area contributed by atoms with Crippen LogP contribution in [0.3, 0.4) is 0 Å². The van der Waals surface area contributed by atoms with Crippen LogP contribution < -0.4 is 5.73 Å². The van der Waals surface area contributed by atoms with E-state index in [9.17, 15) is 4.79 Å². The summed E-state index contributed by atoms with van der Waals surface area (Å²) in [7, 11) is 0. The topological polar surface area (TPSA) is 123 Å². The van der Waals surface area contributed by atoms with Crippen molar-refractivity contribution in [3.05, 3.63) is 75.4 Å². The molecule has 32 heavy (non-hydrogen) atoms. The zero-order valence-electron chi connectivity index (χ0n) is 18.6. The van der Waals surface area contributed by atoms with Gasteiger partial charge < -0.3 is 20.5 Å². The van der Waals surface area contributed by atoms with E-state index in [0.717, 1.165) is 16.7 Å². The first-order valence-electron chi connectivity index (χ1n) is 10.5. The molecular weight excluding hydrogens is 404 g/mol. The van der Waals surface area contributed by atoms with Crippen LogP contribution in [0.5, 0.6) is 0 Å². The molecule has 1 heterocycles. The number of nitriles is 1. The van der Waals surface area contributed by atoms with Gasteiger partial charge in [-0.05, 0) is 55.7 Å². The highest BCUT2D eigenvalue weighted by Gasteiger charge is 2.33. The summed E-state index contributed by atoms with van der Waals surface area (Å²) >= 11 is 0. The number of nitrogens with two attached hydrogens (primary N) is 1. The maximum absolute atomic E-state index is 13.2. The minimum atomic E-state index is -0.183. The molecule has 0 radical (unpaired) electrons. The monoisotopic (exact) mass is 432 g/mol. The van der Waals surface area contributed by atoms with Gasteiger partial charge in [-0.2, -0.15) is 5.26 Å². The highest BCUT2D eigenvalue weighted by atomic mass is 16.5. The summed E-state index contributed by atoms with van der Waals surface area (Å²) in [5.41, 5.74) is 12.0. The SMILES string of the molecule is C/C(C(=N)OCCO)=C(/N)c1cc(C(=O)N2CC(c3ccc(C#N)cc3)C2)c(C)cc1C. The molecule has 166 valence electrons. The van der Waals surface area contributed by atoms with Crippen LogP contribution in [0.1, 0.15) is 51.0 Å². The van der Waals surface area contributed by atoms with Crippen LogP contribution in [0.15, 0.2) is 42.0 Å². The Morgan fingerprint density at radius 1 is 1.22 bits per heavy atom. The number of carbonyl (C=O) groups excluding carboxylic acids is 1. The first-order chi connectivity index (χ1) is 15.3. The van der Waals surface area contributed by atoms with Gasteiger partial charge in [0.1, 0.15) is 6.61 Å². The van der Waals surface area contributed by atoms with Crippen LogP contribution in [-0.4, -0.2) is 48.1 Å². The van der Waals surface area contributed by atoms with Crippen molar-refractivity contribution in [1.82, 2.24) is 4.90 Å². The van der Waals surface area contributed by atoms with Crippen LogP contribution in [-0.2, 0) is 4.74 Å². The molecule has 0 aliphatic carbocycles. The molecule has 4 N–H and O–H groups in total. The fourth-order valence-electron chi connectivity index (χ4n) is 3.81. The number of hydrogen-bond acceptors (Lipinski definition) is 6. The van der Waals surface area contributed by atoms with E-state index in [2.05, 4.69) is 6.07 Å². The van der Waals surface area contributed by atoms with Gasteiger partial charge >= 0.3 is 0 Å². The molecule has 1 aliphatic rings. The van der Waals surface area contributed by atoms with Gasteiger partial charge in [0, 0.05) is 41.4 Å². The second-order valence-corrected chi connectivity index (χ2v) is 8.06. The van der Waals surface area contributed by atoms with E-state index >= 15 is 0 Å². The van der Waals surface area contributed by atoms with Crippen LogP contribution in [0.25, 0.3) is 5.70 Å². The summed E-state index contributed by atoms with van der Waals surface area (Å²) in [6, 6.07) is 13.3. The average molecular weight is 433 g/mol. The summed E-state index contributed by atoms with van der Waals surface area (Å²) in [5, 5.41) is 25.8. The van der Waals surface area contributed by atoms with Crippen molar-refractivity contribution in [3.8, 4) is 6.07 Å². The second kappa shape index (κ2) is 9.67. The molecule has 0 saturated carbocycles. The van der Waals surface area contributed by atoms with E-state index < -0.39 is 0 Å². The molecule has 7 heteroatoms. The molecule has 0 spiro atoms. The molecule has 1 fully saturated rings. The van der Waals surface area contributed by atoms with Gasteiger partial charge in [0.2, 0.25) is 5.90 Å². The third-order valence-corrected chi connectivity index (χ3v) is 5.85. The van der Waals surface area contributed by atoms with Crippen molar-refractivity contribution in [2.75, 3.05) is 26.3 Å². The van der Waals surface area contributed by atoms with Crippen molar-refractivity contribution in [1.29, 1.82) is 10.7 Å². The zero-order chi connectivity index (χ0) is 23.4. The number of rotatable bonds is 6. The minimum absolute atomic E-state index is 0.0232. The van der Waals surface area contributed by atoms with E-state index in [1.165, 1.54) is 0 Å². The molecule has 2 aromatic carbocycles. The lowest BCUT2D eigenvalue weighted by Crippen LogP contribution is -2.48. The van der Waals surface area contributed by atoms with Gasteiger partial charge in [-0.15, -0.1) is 0 Å². The molecule has 0 unspecified atom stereocenters. The predicted molar refractivity (Wildman–Crippen MR) is 123 cm³/mol. The van der Waals surface area contributed by atoms with Gasteiger partial charge in [-0.25, -0.2) is 0 Å². The van der Waals surface area contributed by atoms with Crippen molar-refractivity contribution >= 4 is 17.5 Å². The van der Waals surface area contributed by atoms with Gasteiger partial charge in [0.05, 0.1) is 18.2 Å². The first kappa shape index (κ1) is 23.0. The van der Waals surface area contributed by atoms with Gasteiger partial charge in [-0.3, -0.25) is 10.2 Å². The lowest BCUT2D eigenvalue weighted by molar-refractivity contribution is 0.0601. The van der Waals surface area contributed by atoms with E-state index in [-0.39, 0.29) is 30.9 Å². The third-order valence-electron chi connectivity index (χ3n) is 5.85. The lowest BCUT2D eigenvalue weighted by atomic mass is 9.89. The largest absolute Gasteiger partial charge is 0.475 e. The van der Waals surface area contributed by atoms with Crippen LogP contribution in [0, 0.1) is 30.6 Å². The lowest BCUT2D eigenvalue weighted by Gasteiger charge is -2.40. The molecule has 1 amide bonds. The van der Waals surface area contributed by atoms with Crippen molar-refractivity contribution < 1.29 is 14.6 Å². The maximum Gasteiger partial charge on any atom is 0.254 e. The Bertz CT molecular complexity index is 1110. The Kier molecular flexibility index (Phi) is 6.96. The number of aliphatic hydroxyl groups is 1. The summed E-state index contributed by atoms with van der Waals surface area (Å²) in [6.45, 7) is 6.59. The first-order valence-corrected chi connectivity index (χ1v) is 10.5. The number of aliphatic hydroxyl groups excluding tert-OH is 1. The number of hydrogen-bond donors (Lipinski definition) is 3. The number of carbonyl (C=O) groups is 1. The molecule has 0 atom stereocenters. The fourth-order valence-corrected chi connectivity index (χ4v) is 3.81. The molecule has 3 rings (SSSR count). The van der Waals surface area contributed by atoms with E-state index in [4.69, 9.17) is 26.2 Å². The quantitative estimate of drug-likeness (QED) is 0.478. The molecule has 1 aliphatic heterocycles. The molecule has 1 saturated heterocycles. The molecule has 2 aromatic rings. The predicted octanol–water partition coefficient (Wildman–Crippen LogP) is 3.09. The van der Waals surface area contributed by atoms with Crippen LogP contribution in [0.4, 0.5) is 0 Å². The van der Waals surface area contributed by atoms with Crippen molar-refractivity contribution in [2.24, 2.45) is 5.73 Å². The third kappa shape index (κ3) is 4.66. The molecule has 7 nitrogen and oxygen atoms in total. The number of benzene rings is 2. The fraction of sp³-hybridized carbons (Fsp3) is 0.320. The number of amides is 1. The molecule has 0 bridgehead atoms. The molecule has 0 aromatic heterocycles. The number of nitrogens with zero attached hydrogens (tertiary/aromatic N) is 2. The van der Waals surface area contributed by atoms with Crippen molar-refractivity contribution in [3.63, 3.8) is 0 Å². The highest BCUT2D eigenvalue weighted by molar-refractivity contribution is 6.00. The number of likely N-dealkylation sites (tertiary alicyclic amines) is 1. The van der Waals surface area contributed by atoms with Gasteiger partial charge in [0.15, 0.2) is 0 Å². The number of aryl methyl sites for hydroxylation is 2. The molecular formula is C25H28N4O3. The maximum atomic E-state index is 13.2. The normalized spacial score (nSPS) is 14.3. The van der Waals surface area contributed by atoms with Gasteiger partial charge in [-0.1, -0.05) is 18.2 Å². The Morgan fingerprint density at radius 2 is 1.84 bits per heavy atom. The van der Waals surface area contributed by atoms with Crippen molar-refractivity contribution in [2.45, 2.75) is 26.7 Å². The zero-order valence-corrected chi connectivity index (χ0v) is 18.6. The smallest absolute Gasteiger partial charge is 0.254 e. The van der Waals surface area contributed by atoms with E-state index in [1.807, 2.05) is 36.9 Å². The Hall–Kier alpha value is -3.63. The Labute approximate surface area is 188 Å². The van der Waals surface area contributed by atoms with E-state index in [0.29, 0.717) is 41.1 Å². The second-order valence-electron chi connectivity index (χ2n) is 8.06. The summed E-state index contributed by atoms with van der Waals surface area (Å²) in [4.78, 5) is 15.0.